The molecule has 0 bridgehead atoms. The summed E-state index contributed by atoms with van der Waals surface area (Å²) in [4.78, 5) is 12.7. The zero-order chi connectivity index (χ0) is 23.7. The zero-order valence-corrected chi connectivity index (χ0v) is 20.8. The Bertz CT molecular complexity index is 1310. The third kappa shape index (κ3) is 5.13. The van der Waals surface area contributed by atoms with Gasteiger partial charge in [-0.2, -0.15) is 10.2 Å². The zero-order valence-electron chi connectivity index (χ0n) is 17.7. The highest BCUT2D eigenvalue weighted by molar-refractivity contribution is 9.10. The normalized spacial score (nSPS) is 11.1. The van der Waals surface area contributed by atoms with E-state index in [2.05, 4.69) is 31.4 Å². The monoisotopic (exact) mass is 549 g/mol. The molecule has 170 valence electrons. The molecule has 1 amide bonds. The molecule has 4 aromatic rings. The largest absolute Gasteiger partial charge is 0.304 e. The molecular formula is C23H19BrCl2FN5O. The van der Waals surface area contributed by atoms with Gasteiger partial charge in [-0.05, 0) is 59.6 Å². The van der Waals surface area contributed by atoms with Crippen LogP contribution < -0.4 is 5.32 Å². The Morgan fingerprint density at radius 3 is 2.42 bits per heavy atom. The number of rotatable bonds is 6. The van der Waals surface area contributed by atoms with E-state index in [1.165, 1.54) is 23.0 Å². The predicted molar refractivity (Wildman–Crippen MR) is 131 cm³/mol. The third-order valence-electron chi connectivity index (χ3n) is 5.17. The minimum Gasteiger partial charge on any atom is -0.304 e. The van der Waals surface area contributed by atoms with Gasteiger partial charge < -0.3 is 5.32 Å². The molecule has 4 rings (SSSR count). The second-order valence-electron chi connectivity index (χ2n) is 7.52. The smallest absolute Gasteiger partial charge is 0.256 e. The fourth-order valence-electron chi connectivity index (χ4n) is 3.35. The van der Waals surface area contributed by atoms with Crippen LogP contribution in [0, 0.1) is 19.7 Å². The number of benzene rings is 2. The maximum atomic E-state index is 14.1. The van der Waals surface area contributed by atoms with Gasteiger partial charge in [-0.15, -0.1) is 0 Å². The second-order valence-corrected chi connectivity index (χ2v) is 9.12. The number of aryl methyl sites for hydroxylation is 1. The highest BCUT2D eigenvalue weighted by Gasteiger charge is 2.15. The van der Waals surface area contributed by atoms with Crippen LogP contribution in [0.3, 0.4) is 0 Å². The van der Waals surface area contributed by atoms with Crippen LogP contribution in [0.1, 0.15) is 32.9 Å². The summed E-state index contributed by atoms with van der Waals surface area (Å²) in [5.74, 6) is -0.607. The SMILES string of the molecule is Cc1nn(Cc2ccc(C(=O)Nc3nn(Cc4c(F)cccc4Cl)cc3Cl)cc2)c(C)c1Br. The molecule has 0 spiro atoms. The maximum absolute atomic E-state index is 14.1. The Hall–Kier alpha value is -2.68. The van der Waals surface area contributed by atoms with E-state index in [1.807, 2.05) is 30.7 Å². The number of anilines is 1. The van der Waals surface area contributed by atoms with E-state index in [1.54, 1.807) is 18.2 Å². The van der Waals surface area contributed by atoms with Crippen LogP contribution in [-0.2, 0) is 13.1 Å². The average Bonchev–Trinajstić information content (AvgIpc) is 3.24. The van der Waals surface area contributed by atoms with Crippen molar-refractivity contribution in [1.82, 2.24) is 19.6 Å². The summed E-state index contributed by atoms with van der Waals surface area (Å²) in [5.41, 5.74) is 3.72. The molecule has 0 aliphatic rings. The van der Waals surface area contributed by atoms with Crippen LogP contribution in [0.4, 0.5) is 10.2 Å². The first-order valence-corrected chi connectivity index (χ1v) is 11.5. The van der Waals surface area contributed by atoms with Crippen molar-refractivity contribution in [3.05, 3.63) is 97.1 Å². The lowest BCUT2D eigenvalue weighted by molar-refractivity contribution is 0.102. The fourth-order valence-corrected chi connectivity index (χ4v) is 4.06. The van der Waals surface area contributed by atoms with Crippen LogP contribution in [0.15, 0.2) is 53.1 Å². The molecule has 0 saturated carbocycles. The van der Waals surface area contributed by atoms with Gasteiger partial charge in [0, 0.05) is 22.3 Å². The van der Waals surface area contributed by atoms with Gasteiger partial charge in [-0.1, -0.05) is 41.4 Å². The van der Waals surface area contributed by atoms with Gasteiger partial charge in [0.1, 0.15) is 10.8 Å². The predicted octanol–water partition coefficient (Wildman–Crippen LogP) is 6.25. The first-order valence-electron chi connectivity index (χ1n) is 9.98. The van der Waals surface area contributed by atoms with Gasteiger partial charge in [0.05, 0.1) is 29.0 Å². The molecule has 0 aliphatic carbocycles. The quantitative estimate of drug-likeness (QED) is 0.308. The van der Waals surface area contributed by atoms with E-state index in [-0.39, 0.29) is 23.3 Å². The summed E-state index contributed by atoms with van der Waals surface area (Å²) >= 11 is 15.8. The average molecular weight is 551 g/mol. The number of amides is 1. The molecule has 0 atom stereocenters. The molecule has 10 heteroatoms. The molecule has 0 aliphatic heterocycles. The van der Waals surface area contributed by atoms with Crippen molar-refractivity contribution >= 4 is 50.9 Å². The number of aromatic nitrogens is 4. The summed E-state index contributed by atoms with van der Waals surface area (Å²) in [5, 5.41) is 12.0. The molecule has 2 heterocycles. The van der Waals surface area contributed by atoms with E-state index in [4.69, 9.17) is 23.2 Å². The van der Waals surface area contributed by atoms with Crippen molar-refractivity contribution in [2.45, 2.75) is 26.9 Å². The van der Waals surface area contributed by atoms with Gasteiger partial charge in [0.2, 0.25) is 0 Å². The molecule has 2 aromatic carbocycles. The molecular weight excluding hydrogens is 532 g/mol. The van der Waals surface area contributed by atoms with Crippen molar-refractivity contribution in [2.75, 3.05) is 5.32 Å². The Balaban J connectivity index is 1.44. The third-order valence-corrected chi connectivity index (χ3v) is 6.95. The lowest BCUT2D eigenvalue weighted by Gasteiger charge is -2.07. The summed E-state index contributed by atoms with van der Waals surface area (Å²) < 4.78 is 18.4. The van der Waals surface area contributed by atoms with Gasteiger partial charge in [-0.3, -0.25) is 14.2 Å². The Morgan fingerprint density at radius 2 is 1.79 bits per heavy atom. The van der Waals surface area contributed by atoms with Crippen LogP contribution in [0.25, 0.3) is 0 Å². The number of carbonyl (C=O) groups is 1. The minimum atomic E-state index is -0.437. The summed E-state index contributed by atoms with van der Waals surface area (Å²) in [7, 11) is 0. The van der Waals surface area contributed by atoms with Gasteiger partial charge in [0.25, 0.3) is 5.91 Å². The Kier molecular flexibility index (Phi) is 6.88. The van der Waals surface area contributed by atoms with E-state index in [0.29, 0.717) is 22.7 Å². The van der Waals surface area contributed by atoms with Crippen molar-refractivity contribution < 1.29 is 9.18 Å². The molecule has 6 nitrogen and oxygen atoms in total. The number of halogens is 4. The second kappa shape index (κ2) is 9.67. The molecule has 0 unspecified atom stereocenters. The molecule has 2 aromatic heterocycles. The number of hydrogen-bond acceptors (Lipinski definition) is 3. The highest BCUT2D eigenvalue weighted by Crippen LogP contribution is 2.24. The number of nitrogens with one attached hydrogen (secondary N) is 1. The van der Waals surface area contributed by atoms with E-state index in [0.717, 1.165) is 21.4 Å². The maximum Gasteiger partial charge on any atom is 0.256 e. The van der Waals surface area contributed by atoms with Crippen molar-refractivity contribution in [2.24, 2.45) is 0 Å². The number of nitrogens with zero attached hydrogens (tertiary/aromatic N) is 4. The standard InChI is InChI=1S/C23H19BrCl2FN5O/c1-13-21(24)14(2)32(29-13)10-15-6-8-16(9-7-15)23(33)28-22-19(26)12-31(30-22)11-17-18(25)4-3-5-20(17)27/h3-9,12H,10-11H2,1-2H3,(H,28,30,33). The summed E-state index contributed by atoms with van der Waals surface area (Å²) in [6.45, 7) is 4.61. The highest BCUT2D eigenvalue weighted by atomic mass is 79.9. The van der Waals surface area contributed by atoms with Crippen LogP contribution in [0.2, 0.25) is 10.0 Å². The summed E-state index contributed by atoms with van der Waals surface area (Å²) in [6, 6.07) is 11.7. The van der Waals surface area contributed by atoms with Crippen molar-refractivity contribution in [3.8, 4) is 0 Å². The Morgan fingerprint density at radius 1 is 1.06 bits per heavy atom. The first kappa shape index (κ1) is 23.5. The first-order chi connectivity index (χ1) is 15.7. The van der Waals surface area contributed by atoms with Gasteiger partial charge in [-0.25, -0.2) is 4.39 Å². The lowest BCUT2D eigenvalue weighted by Crippen LogP contribution is -2.13. The van der Waals surface area contributed by atoms with Crippen LogP contribution >= 0.6 is 39.1 Å². The Labute approximate surface area is 208 Å². The lowest BCUT2D eigenvalue weighted by atomic mass is 10.1. The van der Waals surface area contributed by atoms with E-state index >= 15 is 0 Å². The minimum absolute atomic E-state index is 0.0816. The van der Waals surface area contributed by atoms with E-state index in [9.17, 15) is 9.18 Å². The van der Waals surface area contributed by atoms with Crippen LogP contribution in [-0.4, -0.2) is 25.5 Å². The van der Waals surface area contributed by atoms with Crippen molar-refractivity contribution in [1.29, 1.82) is 0 Å². The molecule has 0 fully saturated rings. The van der Waals surface area contributed by atoms with Gasteiger partial charge >= 0.3 is 0 Å². The molecule has 0 saturated heterocycles. The number of carbonyl (C=O) groups excluding carboxylic acids is 1. The van der Waals surface area contributed by atoms with Gasteiger partial charge in [0.15, 0.2) is 5.82 Å². The molecule has 33 heavy (non-hydrogen) atoms. The van der Waals surface area contributed by atoms with E-state index < -0.39 is 5.82 Å². The fraction of sp³-hybridized carbons (Fsp3) is 0.174. The summed E-state index contributed by atoms with van der Waals surface area (Å²) in [6.07, 6.45) is 1.51. The topological polar surface area (TPSA) is 64.7 Å². The molecule has 0 radical (unpaired) electrons. The number of hydrogen-bond donors (Lipinski definition) is 1. The van der Waals surface area contributed by atoms with Crippen molar-refractivity contribution in [3.63, 3.8) is 0 Å². The van der Waals surface area contributed by atoms with Crippen LogP contribution in [0.5, 0.6) is 0 Å². The molecule has 1 N–H and O–H groups in total.